The van der Waals surface area contributed by atoms with E-state index in [0.717, 1.165) is 44.3 Å². The Balaban J connectivity index is 1.44. The summed E-state index contributed by atoms with van der Waals surface area (Å²) in [7, 11) is 2.00. The van der Waals surface area contributed by atoms with E-state index in [-0.39, 0.29) is 24.7 Å². The zero-order chi connectivity index (χ0) is 25.8. The number of aliphatic hydroxyl groups is 1. The van der Waals surface area contributed by atoms with Crippen LogP contribution >= 0.6 is 11.8 Å². The molecule has 4 atom stereocenters. The van der Waals surface area contributed by atoms with Crippen molar-refractivity contribution in [3.8, 4) is 11.1 Å². The maximum absolute atomic E-state index is 9.49. The van der Waals surface area contributed by atoms with Gasteiger partial charge < -0.3 is 24.9 Å². The number of benzene rings is 3. The number of hydrogen-bond acceptors (Lipinski definition) is 6. The van der Waals surface area contributed by atoms with Crippen LogP contribution < -0.4 is 5.73 Å². The third-order valence-corrected chi connectivity index (χ3v) is 8.08. The second-order valence-corrected chi connectivity index (χ2v) is 10.5. The highest BCUT2D eigenvalue weighted by molar-refractivity contribution is 7.99. The molecule has 0 radical (unpaired) electrons. The Morgan fingerprint density at radius 3 is 2.41 bits per heavy atom. The quantitative estimate of drug-likeness (QED) is 0.296. The summed E-state index contributed by atoms with van der Waals surface area (Å²) < 4.78 is 15.3. The zero-order valence-electron chi connectivity index (χ0n) is 21.2. The molecule has 4 aromatic rings. The van der Waals surface area contributed by atoms with E-state index in [1.54, 1.807) is 11.8 Å². The molecule has 2 heterocycles. The fourth-order valence-electron chi connectivity index (χ4n) is 4.70. The number of ether oxygens (including phenoxy) is 2. The Hall–Kier alpha value is -2.94. The van der Waals surface area contributed by atoms with Gasteiger partial charge in [0.2, 0.25) is 0 Å². The SMILES string of the molecule is C[C@H]1[C@@H](CSc2nccn2C)O[C@@H](c2cccc(-c3cccc(CN)c3)c2)O[C@H]1c1ccc(CO)cc1. The lowest BCUT2D eigenvalue weighted by molar-refractivity contribution is -0.268. The van der Waals surface area contributed by atoms with Gasteiger partial charge in [-0.15, -0.1) is 0 Å². The molecule has 192 valence electrons. The number of rotatable bonds is 8. The second kappa shape index (κ2) is 11.6. The van der Waals surface area contributed by atoms with Gasteiger partial charge in [0.1, 0.15) is 0 Å². The lowest BCUT2D eigenvalue weighted by Crippen LogP contribution is -2.38. The first kappa shape index (κ1) is 25.7. The van der Waals surface area contributed by atoms with Gasteiger partial charge in [-0.25, -0.2) is 4.98 Å². The number of hydrogen-bond donors (Lipinski definition) is 2. The number of aryl methyl sites for hydroxylation is 1. The van der Waals surface area contributed by atoms with Gasteiger partial charge in [0, 0.05) is 43.2 Å². The highest BCUT2D eigenvalue weighted by atomic mass is 32.2. The minimum Gasteiger partial charge on any atom is -0.392 e. The molecule has 7 heteroatoms. The van der Waals surface area contributed by atoms with Gasteiger partial charge in [-0.1, -0.05) is 79.3 Å². The molecule has 0 spiro atoms. The first-order chi connectivity index (χ1) is 18.1. The van der Waals surface area contributed by atoms with E-state index < -0.39 is 6.29 Å². The Morgan fingerprint density at radius 1 is 0.946 bits per heavy atom. The van der Waals surface area contributed by atoms with Crippen LogP contribution in [0, 0.1) is 5.92 Å². The van der Waals surface area contributed by atoms with Gasteiger partial charge in [-0.2, -0.15) is 0 Å². The fraction of sp³-hybridized carbons (Fsp3) is 0.300. The van der Waals surface area contributed by atoms with Crippen LogP contribution in [0.5, 0.6) is 0 Å². The largest absolute Gasteiger partial charge is 0.392 e. The fourth-order valence-corrected chi connectivity index (χ4v) is 5.80. The second-order valence-electron chi connectivity index (χ2n) is 9.48. The lowest BCUT2D eigenvalue weighted by Gasteiger charge is -2.41. The summed E-state index contributed by atoms with van der Waals surface area (Å²) in [6.07, 6.45) is 3.06. The third kappa shape index (κ3) is 5.81. The summed E-state index contributed by atoms with van der Waals surface area (Å²) in [5, 5.41) is 10.5. The predicted octanol–water partition coefficient (Wildman–Crippen LogP) is 5.62. The minimum absolute atomic E-state index is 0.0220. The molecular weight excluding hydrogens is 482 g/mol. The van der Waals surface area contributed by atoms with E-state index in [4.69, 9.17) is 15.2 Å². The molecule has 0 bridgehead atoms. The number of nitrogens with two attached hydrogens (primary N) is 1. The molecule has 3 aromatic carbocycles. The Morgan fingerprint density at radius 2 is 1.70 bits per heavy atom. The van der Waals surface area contributed by atoms with Crippen LogP contribution in [0.15, 0.2) is 90.3 Å². The van der Waals surface area contributed by atoms with Crippen molar-refractivity contribution < 1.29 is 14.6 Å². The Labute approximate surface area is 222 Å². The average molecular weight is 516 g/mol. The first-order valence-electron chi connectivity index (χ1n) is 12.6. The molecule has 1 aliphatic heterocycles. The minimum atomic E-state index is -0.511. The number of aliphatic hydroxyl groups excluding tert-OH is 1. The Kier molecular flexibility index (Phi) is 8.08. The van der Waals surface area contributed by atoms with Crippen molar-refractivity contribution >= 4 is 11.8 Å². The van der Waals surface area contributed by atoms with Crippen LogP contribution in [0.1, 0.15) is 41.6 Å². The molecule has 5 rings (SSSR count). The van der Waals surface area contributed by atoms with Crippen LogP contribution in [-0.2, 0) is 29.7 Å². The molecule has 0 amide bonds. The van der Waals surface area contributed by atoms with E-state index in [1.165, 1.54) is 0 Å². The lowest BCUT2D eigenvalue weighted by atomic mass is 9.91. The summed E-state index contributed by atoms with van der Waals surface area (Å²) >= 11 is 1.70. The monoisotopic (exact) mass is 515 g/mol. The normalized spacial score (nSPS) is 21.7. The maximum Gasteiger partial charge on any atom is 0.184 e. The summed E-state index contributed by atoms with van der Waals surface area (Å²) in [6, 6.07) is 24.7. The van der Waals surface area contributed by atoms with E-state index in [1.807, 2.05) is 66.5 Å². The molecule has 3 N–H and O–H groups in total. The molecule has 0 aliphatic carbocycles. The highest BCUT2D eigenvalue weighted by Gasteiger charge is 2.38. The number of nitrogens with zero attached hydrogens (tertiary/aromatic N) is 2. The number of thioether (sulfide) groups is 1. The predicted molar refractivity (Wildman–Crippen MR) is 147 cm³/mol. The molecule has 1 aromatic heterocycles. The highest BCUT2D eigenvalue weighted by Crippen LogP contribution is 2.43. The first-order valence-corrected chi connectivity index (χ1v) is 13.5. The Bertz CT molecular complexity index is 1320. The molecule has 37 heavy (non-hydrogen) atoms. The number of imidazole rings is 1. The van der Waals surface area contributed by atoms with Gasteiger partial charge in [0.15, 0.2) is 11.4 Å². The van der Waals surface area contributed by atoms with Crippen LogP contribution in [0.2, 0.25) is 0 Å². The van der Waals surface area contributed by atoms with Gasteiger partial charge in [-0.3, -0.25) is 0 Å². The van der Waals surface area contributed by atoms with E-state index >= 15 is 0 Å². The smallest absolute Gasteiger partial charge is 0.184 e. The van der Waals surface area contributed by atoms with Crippen LogP contribution in [-0.4, -0.2) is 26.5 Å². The third-order valence-electron chi connectivity index (χ3n) is 6.93. The molecule has 1 fully saturated rings. The summed E-state index contributed by atoms with van der Waals surface area (Å²) in [5.74, 6) is 0.878. The van der Waals surface area contributed by atoms with Gasteiger partial charge in [-0.05, 0) is 39.9 Å². The van der Waals surface area contributed by atoms with Crippen molar-refractivity contribution in [2.24, 2.45) is 18.7 Å². The van der Waals surface area contributed by atoms with Crippen molar-refractivity contribution in [2.75, 3.05) is 5.75 Å². The summed E-state index contributed by atoms with van der Waals surface area (Å²) in [4.78, 5) is 4.46. The molecule has 0 unspecified atom stereocenters. The molecule has 1 aliphatic rings. The zero-order valence-corrected chi connectivity index (χ0v) is 22.0. The van der Waals surface area contributed by atoms with Crippen molar-refractivity contribution in [2.45, 2.75) is 43.7 Å². The van der Waals surface area contributed by atoms with E-state index in [2.05, 4.69) is 42.2 Å². The van der Waals surface area contributed by atoms with Crippen molar-refractivity contribution in [1.29, 1.82) is 0 Å². The molecule has 1 saturated heterocycles. The summed E-state index contributed by atoms with van der Waals surface area (Å²) in [5.41, 5.74) is 12.1. The van der Waals surface area contributed by atoms with Gasteiger partial charge in [0.25, 0.3) is 0 Å². The van der Waals surface area contributed by atoms with E-state index in [9.17, 15) is 5.11 Å². The van der Waals surface area contributed by atoms with Crippen LogP contribution in [0.3, 0.4) is 0 Å². The van der Waals surface area contributed by atoms with Crippen LogP contribution in [0.25, 0.3) is 11.1 Å². The molecule has 0 saturated carbocycles. The van der Waals surface area contributed by atoms with Crippen molar-refractivity contribution in [1.82, 2.24) is 9.55 Å². The number of aromatic nitrogens is 2. The average Bonchev–Trinajstić information content (AvgIpc) is 3.37. The summed E-state index contributed by atoms with van der Waals surface area (Å²) in [6.45, 7) is 2.71. The molecular formula is C30H33N3O3S. The van der Waals surface area contributed by atoms with E-state index in [0.29, 0.717) is 6.54 Å². The van der Waals surface area contributed by atoms with Gasteiger partial charge in [0.05, 0.1) is 18.8 Å². The topological polar surface area (TPSA) is 82.5 Å². The van der Waals surface area contributed by atoms with Crippen molar-refractivity contribution in [3.63, 3.8) is 0 Å². The standard InChI is InChI=1S/C30H33N3O3S/c1-20-27(19-37-30-32-13-14-33(30)2)35-29(36-28(20)23-11-9-21(18-34)10-12-23)26-8-4-7-25(16-26)24-6-3-5-22(15-24)17-31/h3-16,20,27-29,34H,17-19,31H2,1-2H3/t20-,27+,28+,29+/m0/s1. The van der Waals surface area contributed by atoms with Crippen LogP contribution in [0.4, 0.5) is 0 Å². The van der Waals surface area contributed by atoms with Gasteiger partial charge >= 0.3 is 0 Å². The molecule has 6 nitrogen and oxygen atoms in total. The maximum atomic E-state index is 9.49. The van der Waals surface area contributed by atoms with Crippen molar-refractivity contribution in [3.05, 3.63) is 107 Å².